The Hall–Kier alpha value is -5.31. The zero-order valence-electron chi connectivity index (χ0n) is 23.9. The van der Waals surface area contributed by atoms with E-state index < -0.39 is 17.4 Å². The van der Waals surface area contributed by atoms with Gasteiger partial charge in [-0.3, -0.25) is 14.9 Å². The first kappa shape index (κ1) is 25.4. The lowest BCUT2D eigenvalue weighted by atomic mass is 9.96. The summed E-state index contributed by atoms with van der Waals surface area (Å²) in [5.41, 5.74) is 4.43. The molecule has 43 heavy (non-hydrogen) atoms. The molecule has 0 unspecified atom stereocenters. The first-order valence-corrected chi connectivity index (χ1v) is 14.3. The van der Waals surface area contributed by atoms with Gasteiger partial charge in [0.2, 0.25) is 0 Å². The molecule has 4 heterocycles. The summed E-state index contributed by atoms with van der Waals surface area (Å²) in [5, 5.41) is 5.62. The molecule has 0 radical (unpaired) electrons. The molecule has 9 nitrogen and oxygen atoms in total. The zero-order chi connectivity index (χ0) is 29.6. The molecule has 0 bridgehead atoms. The maximum atomic E-state index is 13.4. The fourth-order valence-corrected chi connectivity index (χ4v) is 6.57. The topological polar surface area (TPSA) is 106 Å². The minimum Gasteiger partial charge on any atom is -0.457 e. The van der Waals surface area contributed by atoms with Crippen molar-refractivity contribution in [3.63, 3.8) is 0 Å². The molecule has 3 amide bonds. The van der Waals surface area contributed by atoms with Crippen molar-refractivity contribution in [2.75, 3.05) is 6.54 Å². The highest BCUT2D eigenvalue weighted by molar-refractivity contribution is 6.39. The summed E-state index contributed by atoms with van der Waals surface area (Å²) in [4.78, 5) is 45.2. The zero-order valence-corrected chi connectivity index (χ0v) is 23.9. The molecule has 6 aromatic rings. The number of aromatic amines is 1. The van der Waals surface area contributed by atoms with E-state index >= 15 is 0 Å². The Kier molecular flexibility index (Phi) is 5.23. The molecule has 0 saturated heterocycles. The third-order valence-electron chi connectivity index (χ3n) is 8.19. The normalized spacial score (nSPS) is 14.9. The first-order valence-electron chi connectivity index (χ1n) is 14.3. The number of benzene rings is 4. The molecule has 0 fully saturated rings. The Bertz CT molecular complexity index is 2190. The summed E-state index contributed by atoms with van der Waals surface area (Å²) >= 11 is 0. The molecule has 2 N–H and O–H groups in total. The van der Waals surface area contributed by atoms with E-state index in [1.807, 2.05) is 87.5 Å². The molecular formula is C34H28N4O5. The van der Waals surface area contributed by atoms with Gasteiger partial charge in [0.25, 0.3) is 11.8 Å². The van der Waals surface area contributed by atoms with Crippen LogP contribution in [0.4, 0.5) is 4.79 Å². The van der Waals surface area contributed by atoms with E-state index in [0.717, 1.165) is 43.8 Å². The van der Waals surface area contributed by atoms with Gasteiger partial charge in [0, 0.05) is 40.2 Å². The van der Waals surface area contributed by atoms with Crippen molar-refractivity contribution >= 4 is 61.5 Å². The Morgan fingerprint density at radius 3 is 2.35 bits per heavy atom. The van der Waals surface area contributed by atoms with Gasteiger partial charge in [-0.2, -0.15) is 0 Å². The number of hydrogen-bond acceptors (Lipinski definition) is 5. The number of nitrogens with one attached hydrogen (secondary N) is 2. The maximum Gasteiger partial charge on any atom is 0.410 e. The van der Waals surface area contributed by atoms with Gasteiger partial charge in [0.1, 0.15) is 17.1 Å². The van der Waals surface area contributed by atoms with Gasteiger partial charge in [0.15, 0.2) is 0 Å². The molecule has 0 aliphatic carbocycles. The van der Waals surface area contributed by atoms with Crippen LogP contribution in [0.1, 0.15) is 47.1 Å². The summed E-state index contributed by atoms with van der Waals surface area (Å²) < 4.78 is 14.0. The van der Waals surface area contributed by atoms with Crippen molar-refractivity contribution in [2.24, 2.45) is 0 Å². The van der Waals surface area contributed by atoms with E-state index in [9.17, 15) is 14.4 Å². The Morgan fingerprint density at radius 2 is 1.58 bits per heavy atom. The minimum absolute atomic E-state index is 0.367. The molecule has 2 aromatic heterocycles. The van der Waals surface area contributed by atoms with E-state index in [-0.39, 0.29) is 6.09 Å². The monoisotopic (exact) mass is 572 g/mol. The summed E-state index contributed by atoms with van der Waals surface area (Å²) in [5.74, 6) is 0.493. The lowest BCUT2D eigenvalue weighted by Crippen LogP contribution is -2.37. The van der Waals surface area contributed by atoms with Gasteiger partial charge in [-0.05, 0) is 56.7 Å². The molecule has 0 spiro atoms. The summed E-state index contributed by atoms with van der Waals surface area (Å²) in [6.07, 6.45) is -0.368. The fraction of sp³-hybridized carbons (Fsp3) is 0.206. The molecule has 214 valence electrons. The molecule has 4 aromatic carbocycles. The van der Waals surface area contributed by atoms with E-state index in [4.69, 9.17) is 9.47 Å². The number of carbonyl (C=O) groups excluding carboxylic acids is 3. The number of amides is 3. The van der Waals surface area contributed by atoms with Crippen LogP contribution < -0.4 is 10.1 Å². The molecule has 0 atom stereocenters. The summed E-state index contributed by atoms with van der Waals surface area (Å²) in [6, 6.07) is 21.1. The van der Waals surface area contributed by atoms with Gasteiger partial charge in [-0.25, -0.2) is 4.79 Å². The number of nitrogens with zero attached hydrogens (tertiary/aromatic N) is 2. The van der Waals surface area contributed by atoms with E-state index in [1.54, 1.807) is 4.90 Å². The highest BCUT2D eigenvalue weighted by Gasteiger charge is 2.37. The van der Waals surface area contributed by atoms with Crippen LogP contribution in [0, 0.1) is 0 Å². The second-order valence-electron chi connectivity index (χ2n) is 12.1. The van der Waals surface area contributed by atoms with Crippen LogP contribution >= 0.6 is 0 Å². The van der Waals surface area contributed by atoms with Crippen LogP contribution in [-0.2, 0) is 17.8 Å². The standard InChI is InChI=1S/C34H28N4O5/c1-34(2,3)43-33(41)37-14-15-38-29-18(17-37)8-7-11-21(29)25-27-26(31(39)36-32(27)40)24-22-16-20(42-19-9-5-4-6-10-19)12-13-23(22)35-28(24)30(25)38/h4-13,16,35H,14-15,17H2,1-3H3,(H,36,39,40). The number of aromatic nitrogens is 2. The van der Waals surface area contributed by atoms with E-state index in [1.165, 1.54) is 0 Å². The van der Waals surface area contributed by atoms with Gasteiger partial charge >= 0.3 is 6.09 Å². The first-order chi connectivity index (χ1) is 20.7. The second-order valence-corrected chi connectivity index (χ2v) is 12.1. The fourth-order valence-electron chi connectivity index (χ4n) is 6.57. The van der Waals surface area contributed by atoms with Gasteiger partial charge in [0.05, 0.1) is 34.2 Å². The van der Waals surface area contributed by atoms with Crippen LogP contribution in [0.2, 0.25) is 0 Å². The number of hydrogen-bond donors (Lipinski definition) is 2. The molecule has 9 heteroatoms. The second kappa shape index (κ2) is 8.84. The quantitative estimate of drug-likeness (QED) is 0.221. The third kappa shape index (κ3) is 3.81. The van der Waals surface area contributed by atoms with Crippen molar-refractivity contribution in [3.05, 3.63) is 83.4 Å². The van der Waals surface area contributed by atoms with Crippen molar-refractivity contribution in [3.8, 4) is 11.5 Å². The molecule has 8 rings (SSSR count). The highest BCUT2D eigenvalue weighted by Crippen LogP contribution is 2.45. The lowest BCUT2D eigenvalue weighted by molar-refractivity contribution is 0.0233. The predicted octanol–water partition coefficient (Wildman–Crippen LogP) is 6.86. The Balaban J connectivity index is 1.40. The largest absolute Gasteiger partial charge is 0.457 e. The number of rotatable bonds is 2. The van der Waals surface area contributed by atoms with Crippen LogP contribution in [0.15, 0.2) is 66.7 Å². The Morgan fingerprint density at radius 1 is 0.814 bits per heavy atom. The number of fused-ring (bicyclic) bond motifs is 10. The third-order valence-corrected chi connectivity index (χ3v) is 8.19. The Labute approximate surface area is 246 Å². The lowest BCUT2D eigenvalue weighted by Gasteiger charge is -2.26. The summed E-state index contributed by atoms with van der Waals surface area (Å²) in [6.45, 7) is 6.84. The van der Waals surface area contributed by atoms with Gasteiger partial charge in [-0.1, -0.05) is 36.4 Å². The number of H-pyrrole nitrogens is 1. The number of carbonyl (C=O) groups is 3. The maximum absolute atomic E-state index is 13.4. The van der Waals surface area contributed by atoms with Crippen molar-refractivity contribution < 1.29 is 23.9 Å². The number of ether oxygens (including phenoxy) is 2. The molecule has 2 aliphatic rings. The number of imide groups is 1. The van der Waals surface area contributed by atoms with Crippen molar-refractivity contribution in [1.29, 1.82) is 0 Å². The smallest absolute Gasteiger partial charge is 0.410 e. The van der Waals surface area contributed by atoms with Crippen molar-refractivity contribution in [2.45, 2.75) is 39.5 Å². The van der Waals surface area contributed by atoms with Crippen LogP contribution in [0.3, 0.4) is 0 Å². The highest BCUT2D eigenvalue weighted by atomic mass is 16.6. The van der Waals surface area contributed by atoms with Crippen LogP contribution in [0.25, 0.3) is 43.6 Å². The molecule has 2 aliphatic heterocycles. The molecule has 0 saturated carbocycles. The van der Waals surface area contributed by atoms with Crippen LogP contribution in [-0.4, -0.2) is 44.5 Å². The summed E-state index contributed by atoms with van der Waals surface area (Å²) in [7, 11) is 0. The SMILES string of the molecule is CC(C)(C)OC(=O)N1CCn2c3c(cccc3c3c4c(c5c6cc(Oc7ccccc7)ccc6[nH]c5c32)C(=O)NC4=O)C1. The van der Waals surface area contributed by atoms with E-state index in [2.05, 4.69) is 14.9 Å². The number of para-hydroxylation sites is 2. The predicted molar refractivity (Wildman–Crippen MR) is 164 cm³/mol. The minimum atomic E-state index is -0.614. The van der Waals surface area contributed by atoms with E-state index in [0.29, 0.717) is 47.6 Å². The average Bonchev–Trinajstić information content (AvgIpc) is 3.53. The van der Waals surface area contributed by atoms with Gasteiger partial charge < -0.3 is 23.9 Å². The average molecular weight is 573 g/mol. The molecular weight excluding hydrogens is 544 g/mol. The van der Waals surface area contributed by atoms with Crippen molar-refractivity contribution in [1.82, 2.24) is 19.8 Å². The van der Waals surface area contributed by atoms with Crippen LogP contribution in [0.5, 0.6) is 11.5 Å². The van der Waals surface area contributed by atoms with Gasteiger partial charge in [-0.15, -0.1) is 0 Å².